The van der Waals surface area contributed by atoms with E-state index in [1.54, 1.807) is 4.68 Å². The number of carbonyl (C=O) groups excluding carboxylic acids is 1. The summed E-state index contributed by atoms with van der Waals surface area (Å²) in [4.78, 5) is 28.0. The van der Waals surface area contributed by atoms with Crippen molar-refractivity contribution >= 4 is 5.91 Å². The second kappa shape index (κ2) is 7.29. The highest BCUT2D eigenvalue weighted by molar-refractivity contribution is 5.92. The molecule has 4 rings (SSSR count). The van der Waals surface area contributed by atoms with Crippen LogP contribution in [-0.2, 0) is 0 Å². The van der Waals surface area contributed by atoms with Gasteiger partial charge in [-0.05, 0) is 63.5 Å². The molecule has 1 aromatic heterocycles. The van der Waals surface area contributed by atoms with Crippen molar-refractivity contribution in [1.82, 2.24) is 14.7 Å². The average Bonchev–Trinajstić information content (AvgIpc) is 3.49. The first-order chi connectivity index (χ1) is 13.0. The van der Waals surface area contributed by atoms with Gasteiger partial charge in [-0.2, -0.15) is 5.10 Å². The van der Waals surface area contributed by atoms with Gasteiger partial charge in [0, 0.05) is 23.8 Å². The maximum absolute atomic E-state index is 13.4. The Hall–Kier alpha value is -2.43. The fourth-order valence-corrected chi connectivity index (χ4v) is 4.15. The van der Waals surface area contributed by atoms with E-state index in [0.717, 1.165) is 55.8 Å². The van der Waals surface area contributed by atoms with E-state index in [9.17, 15) is 9.59 Å². The smallest absolute Gasteiger partial charge is 0.278 e. The van der Waals surface area contributed by atoms with Gasteiger partial charge < -0.3 is 4.90 Å². The summed E-state index contributed by atoms with van der Waals surface area (Å²) in [6.07, 6.45) is 6.44. The van der Waals surface area contributed by atoms with Crippen LogP contribution in [0.4, 0.5) is 0 Å². The maximum atomic E-state index is 13.4. The summed E-state index contributed by atoms with van der Waals surface area (Å²) >= 11 is 0. The molecule has 2 aliphatic rings. The zero-order valence-corrected chi connectivity index (χ0v) is 16.1. The summed E-state index contributed by atoms with van der Waals surface area (Å²) in [5.74, 6) is 0.539. The Morgan fingerprint density at radius 1 is 1.04 bits per heavy atom. The highest BCUT2D eigenvalue weighted by atomic mass is 16.2. The van der Waals surface area contributed by atoms with Crippen molar-refractivity contribution < 1.29 is 4.79 Å². The van der Waals surface area contributed by atoms with Crippen LogP contribution in [0.3, 0.4) is 0 Å². The van der Waals surface area contributed by atoms with Crippen LogP contribution in [0.15, 0.2) is 41.2 Å². The van der Waals surface area contributed by atoms with E-state index in [-0.39, 0.29) is 29.1 Å². The third-order valence-electron chi connectivity index (χ3n) is 5.86. The molecule has 27 heavy (non-hydrogen) atoms. The number of rotatable bonds is 4. The Labute approximate surface area is 160 Å². The summed E-state index contributed by atoms with van der Waals surface area (Å²) < 4.78 is 1.70. The van der Waals surface area contributed by atoms with Crippen molar-refractivity contribution in [2.45, 2.75) is 64.5 Å². The molecule has 5 nitrogen and oxygen atoms in total. The Balaban J connectivity index is 1.69. The summed E-state index contributed by atoms with van der Waals surface area (Å²) in [7, 11) is 0. The molecule has 0 saturated heterocycles. The minimum absolute atomic E-state index is 0.0509. The van der Waals surface area contributed by atoms with E-state index in [1.165, 1.54) is 6.07 Å². The van der Waals surface area contributed by atoms with E-state index >= 15 is 0 Å². The molecule has 2 aromatic rings. The lowest BCUT2D eigenvalue weighted by Crippen LogP contribution is -2.46. The molecular weight excluding hydrogens is 338 g/mol. The Bertz CT molecular complexity index is 878. The number of amides is 1. The summed E-state index contributed by atoms with van der Waals surface area (Å²) in [5.41, 5.74) is 1.36. The lowest BCUT2D eigenvalue weighted by atomic mass is 9.86. The first kappa shape index (κ1) is 18.0. The third kappa shape index (κ3) is 3.68. The molecule has 0 atom stereocenters. The lowest BCUT2D eigenvalue weighted by molar-refractivity contribution is 0.0583. The minimum Gasteiger partial charge on any atom is -0.331 e. The van der Waals surface area contributed by atoms with Gasteiger partial charge in [-0.25, -0.2) is 4.68 Å². The molecule has 2 saturated carbocycles. The molecular formula is C22H27N3O2. The molecule has 142 valence electrons. The van der Waals surface area contributed by atoms with Gasteiger partial charge in [0.05, 0.1) is 5.69 Å². The number of hydrogen-bond donors (Lipinski definition) is 0. The second-order valence-corrected chi connectivity index (χ2v) is 8.10. The monoisotopic (exact) mass is 365 g/mol. The quantitative estimate of drug-likeness (QED) is 0.830. The largest absolute Gasteiger partial charge is 0.331 e. The molecule has 0 spiro atoms. The number of aryl methyl sites for hydroxylation is 1. The zero-order valence-electron chi connectivity index (χ0n) is 16.1. The zero-order chi connectivity index (χ0) is 19.0. The first-order valence-corrected chi connectivity index (χ1v) is 10.0. The standard InChI is InChI=1S/C22H27N3O2/c1-15-8-10-17(11-9-15)24(18-12-13-18)22(27)21-20(26)14-16(2)25(23-21)19-6-4-3-5-7-19/h3-7,14-15,17-18H,8-13H2,1-2H3. The van der Waals surface area contributed by atoms with Gasteiger partial charge in [0.1, 0.15) is 0 Å². The van der Waals surface area contributed by atoms with Crippen molar-refractivity contribution in [3.63, 3.8) is 0 Å². The van der Waals surface area contributed by atoms with Gasteiger partial charge >= 0.3 is 0 Å². The summed E-state index contributed by atoms with van der Waals surface area (Å²) in [5, 5.41) is 4.50. The van der Waals surface area contributed by atoms with Gasteiger partial charge in [-0.15, -0.1) is 0 Å². The van der Waals surface area contributed by atoms with Crippen LogP contribution < -0.4 is 5.43 Å². The predicted molar refractivity (Wildman–Crippen MR) is 105 cm³/mol. The fraction of sp³-hybridized carbons (Fsp3) is 0.500. The first-order valence-electron chi connectivity index (χ1n) is 10.0. The van der Waals surface area contributed by atoms with Crippen molar-refractivity contribution in [2.24, 2.45) is 5.92 Å². The molecule has 1 aromatic carbocycles. The van der Waals surface area contributed by atoms with Crippen LogP contribution in [0.2, 0.25) is 0 Å². The molecule has 0 bridgehead atoms. The number of benzene rings is 1. The molecule has 0 N–H and O–H groups in total. The third-order valence-corrected chi connectivity index (χ3v) is 5.86. The molecule has 0 radical (unpaired) electrons. The van der Waals surface area contributed by atoms with Crippen LogP contribution in [0, 0.1) is 12.8 Å². The van der Waals surface area contributed by atoms with Gasteiger partial charge in [-0.1, -0.05) is 25.1 Å². The van der Waals surface area contributed by atoms with Gasteiger partial charge in [0.25, 0.3) is 5.91 Å². The van der Waals surface area contributed by atoms with E-state index < -0.39 is 0 Å². The maximum Gasteiger partial charge on any atom is 0.278 e. The lowest BCUT2D eigenvalue weighted by Gasteiger charge is -2.36. The van der Waals surface area contributed by atoms with Crippen molar-refractivity contribution in [2.75, 3.05) is 0 Å². The predicted octanol–water partition coefficient (Wildman–Crippen LogP) is 3.72. The fourth-order valence-electron chi connectivity index (χ4n) is 4.15. The number of hydrogen-bond acceptors (Lipinski definition) is 3. The SMILES string of the molecule is Cc1cc(=O)c(C(=O)N(C2CCC(C)CC2)C2CC2)nn1-c1ccccc1. The normalized spacial score (nSPS) is 22.4. The van der Waals surface area contributed by atoms with E-state index in [4.69, 9.17) is 0 Å². The Morgan fingerprint density at radius 2 is 1.63 bits per heavy atom. The van der Waals surface area contributed by atoms with Gasteiger partial charge in [0.15, 0.2) is 5.69 Å². The second-order valence-electron chi connectivity index (χ2n) is 8.10. The van der Waals surface area contributed by atoms with Crippen LogP contribution >= 0.6 is 0 Å². The highest BCUT2D eigenvalue weighted by Gasteiger charge is 2.40. The minimum atomic E-state index is -0.278. The van der Waals surface area contributed by atoms with Crippen LogP contribution in [0.5, 0.6) is 0 Å². The number of para-hydroxylation sites is 1. The van der Waals surface area contributed by atoms with Crippen LogP contribution in [0.1, 0.15) is 61.6 Å². The van der Waals surface area contributed by atoms with Gasteiger partial charge in [-0.3, -0.25) is 9.59 Å². The molecule has 0 unspecified atom stereocenters. The number of aromatic nitrogens is 2. The molecule has 5 heteroatoms. The van der Waals surface area contributed by atoms with Crippen molar-refractivity contribution in [1.29, 1.82) is 0 Å². The van der Waals surface area contributed by atoms with Crippen LogP contribution in [0.25, 0.3) is 5.69 Å². The Kier molecular flexibility index (Phi) is 4.85. The molecule has 0 aliphatic heterocycles. The van der Waals surface area contributed by atoms with E-state index in [1.807, 2.05) is 42.2 Å². The number of carbonyl (C=O) groups is 1. The van der Waals surface area contributed by atoms with Crippen LogP contribution in [-0.4, -0.2) is 32.7 Å². The summed E-state index contributed by atoms with van der Waals surface area (Å²) in [6, 6.07) is 11.7. The summed E-state index contributed by atoms with van der Waals surface area (Å²) in [6.45, 7) is 4.12. The molecule has 1 amide bonds. The van der Waals surface area contributed by atoms with Gasteiger partial charge in [0.2, 0.25) is 5.43 Å². The topological polar surface area (TPSA) is 55.2 Å². The Morgan fingerprint density at radius 3 is 2.22 bits per heavy atom. The average molecular weight is 365 g/mol. The van der Waals surface area contributed by atoms with E-state index in [2.05, 4.69) is 12.0 Å². The van der Waals surface area contributed by atoms with E-state index in [0.29, 0.717) is 0 Å². The highest BCUT2D eigenvalue weighted by Crippen LogP contribution is 2.35. The molecule has 1 heterocycles. The van der Waals surface area contributed by atoms with Crippen molar-refractivity contribution in [3.8, 4) is 5.69 Å². The molecule has 2 fully saturated rings. The molecule has 2 aliphatic carbocycles. The number of nitrogens with zero attached hydrogens (tertiary/aromatic N) is 3. The van der Waals surface area contributed by atoms with Crippen molar-refractivity contribution in [3.05, 3.63) is 58.0 Å².